The molecule has 3 rings (SSSR count). The molecule has 19 heavy (non-hydrogen) atoms. The van der Waals surface area contributed by atoms with E-state index in [1.54, 1.807) is 0 Å². The summed E-state index contributed by atoms with van der Waals surface area (Å²) in [6, 6.07) is 0.743. The first-order chi connectivity index (χ1) is 9.31. The third kappa shape index (κ3) is 4.03. The maximum atomic E-state index is 11.3. The number of carbonyl (C=O) groups excluding carboxylic acids is 1. The lowest BCUT2D eigenvalue weighted by atomic mass is 9.85. The molecular formula is C16H27NO2. The van der Waals surface area contributed by atoms with Gasteiger partial charge in [-0.2, -0.15) is 0 Å². The van der Waals surface area contributed by atoms with E-state index in [0.717, 1.165) is 57.0 Å². The summed E-state index contributed by atoms with van der Waals surface area (Å²) in [6.45, 7) is 4.01. The van der Waals surface area contributed by atoms with Crippen LogP contribution in [-0.2, 0) is 9.53 Å². The van der Waals surface area contributed by atoms with Crippen molar-refractivity contribution in [3.05, 3.63) is 0 Å². The van der Waals surface area contributed by atoms with E-state index in [1.165, 1.54) is 38.5 Å². The van der Waals surface area contributed by atoms with Gasteiger partial charge in [-0.15, -0.1) is 0 Å². The number of hydrogen-bond donors (Lipinski definition) is 0. The van der Waals surface area contributed by atoms with Gasteiger partial charge in [0, 0.05) is 45.2 Å². The quantitative estimate of drug-likeness (QED) is 0.765. The second-order valence-corrected chi connectivity index (χ2v) is 6.73. The van der Waals surface area contributed by atoms with E-state index in [0.29, 0.717) is 5.78 Å². The first kappa shape index (κ1) is 13.6. The Kier molecular flexibility index (Phi) is 4.54. The summed E-state index contributed by atoms with van der Waals surface area (Å²) in [4.78, 5) is 13.8. The number of likely N-dealkylation sites (tertiary alicyclic amines) is 1. The van der Waals surface area contributed by atoms with Crippen molar-refractivity contribution in [3.8, 4) is 0 Å². The van der Waals surface area contributed by atoms with Crippen LogP contribution < -0.4 is 0 Å². The molecule has 1 aliphatic heterocycles. The van der Waals surface area contributed by atoms with Crippen molar-refractivity contribution in [2.75, 3.05) is 26.3 Å². The molecule has 1 heterocycles. The highest BCUT2D eigenvalue weighted by Crippen LogP contribution is 2.31. The molecule has 108 valence electrons. The van der Waals surface area contributed by atoms with Crippen LogP contribution in [0.4, 0.5) is 0 Å². The lowest BCUT2D eigenvalue weighted by Crippen LogP contribution is -2.43. The Labute approximate surface area is 116 Å². The second-order valence-electron chi connectivity index (χ2n) is 6.73. The Morgan fingerprint density at radius 3 is 1.95 bits per heavy atom. The summed E-state index contributed by atoms with van der Waals surface area (Å²) in [5.74, 6) is 2.14. The maximum absolute atomic E-state index is 11.3. The molecule has 3 heteroatoms. The molecule has 0 amide bonds. The predicted molar refractivity (Wildman–Crippen MR) is 75.1 cm³/mol. The van der Waals surface area contributed by atoms with Gasteiger partial charge in [-0.05, 0) is 50.4 Å². The molecule has 0 atom stereocenters. The van der Waals surface area contributed by atoms with Crippen LogP contribution in [-0.4, -0.2) is 43.0 Å². The minimum Gasteiger partial charge on any atom is -0.381 e. The molecule has 0 aromatic carbocycles. The molecule has 0 unspecified atom stereocenters. The summed E-state index contributed by atoms with van der Waals surface area (Å²) in [6.07, 6.45) is 9.60. The predicted octanol–water partition coefficient (Wildman–Crippen LogP) is 2.64. The topological polar surface area (TPSA) is 29.5 Å². The summed E-state index contributed by atoms with van der Waals surface area (Å²) in [7, 11) is 0. The van der Waals surface area contributed by atoms with Crippen LogP contribution in [0.3, 0.4) is 0 Å². The number of ketones is 1. The SMILES string of the molecule is O=C1CCN([C@H]2CC[C@H](COCC3CC3)CC2)CC1. The van der Waals surface area contributed by atoms with Crippen molar-refractivity contribution < 1.29 is 9.53 Å². The van der Waals surface area contributed by atoms with Crippen LogP contribution >= 0.6 is 0 Å². The van der Waals surface area contributed by atoms with Gasteiger partial charge in [0.05, 0.1) is 0 Å². The van der Waals surface area contributed by atoms with Gasteiger partial charge < -0.3 is 4.74 Å². The molecule has 3 aliphatic rings. The van der Waals surface area contributed by atoms with Crippen LogP contribution in [0.1, 0.15) is 51.4 Å². The highest BCUT2D eigenvalue weighted by Gasteiger charge is 2.28. The highest BCUT2D eigenvalue weighted by molar-refractivity contribution is 5.79. The van der Waals surface area contributed by atoms with Gasteiger partial charge in [-0.3, -0.25) is 9.69 Å². The van der Waals surface area contributed by atoms with Crippen LogP contribution in [0.2, 0.25) is 0 Å². The molecular weight excluding hydrogens is 238 g/mol. The molecule has 0 N–H and O–H groups in total. The van der Waals surface area contributed by atoms with Crippen molar-refractivity contribution in [1.29, 1.82) is 0 Å². The fourth-order valence-electron chi connectivity index (χ4n) is 3.50. The molecule has 2 aliphatic carbocycles. The van der Waals surface area contributed by atoms with Gasteiger partial charge in [0.2, 0.25) is 0 Å². The standard InChI is InChI=1S/C16H27NO2/c18-16-7-9-17(10-8-16)15-5-3-14(4-6-15)12-19-11-13-1-2-13/h13-15H,1-12H2/t14-,15-. The van der Waals surface area contributed by atoms with Gasteiger partial charge in [0.25, 0.3) is 0 Å². The number of piperidine rings is 1. The third-order valence-corrected chi connectivity index (χ3v) is 5.09. The van der Waals surface area contributed by atoms with Crippen LogP contribution in [0.5, 0.6) is 0 Å². The number of nitrogens with zero attached hydrogens (tertiary/aromatic N) is 1. The monoisotopic (exact) mass is 265 g/mol. The molecule has 0 bridgehead atoms. The Balaban J connectivity index is 1.33. The Morgan fingerprint density at radius 2 is 1.42 bits per heavy atom. The number of carbonyl (C=O) groups is 1. The highest BCUT2D eigenvalue weighted by atomic mass is 16.5. The smallest absolute Gasteiger partial charge is 0.135 e. The van der Waals surface area contributed by atoms with E-state index in [-0.39, 0.29) is 0 Å². The summed E-state index contributed by atoms with van der Waals surface area (Å²) < 4.78 is 5.83. The number of Topliss-reactive ketones (excluding diaryl/α,β-unsaturated/α-hetero) is 1. The largest absolute Gasteiger partial charge is 0.381 e. The zero-order valence-electron chi connectivity index (χ0n) is 12.0. The van der Waals surface area contributed by atoms with Crippen LogP contribution in [0.15, 0.2) is 0 Å². The zero-order valence-corrected chi connectivity index (χ0v) is 12.0. The second kappa shape index (κ2) is 6.36. The Morgan fingerprint density at radius 1 is 0.895 bits per heavy atom. The van der Waals surface area contributed by atoms with Crippen LogP contribution in [0, 0.1) is 11.8 Å². The third-order valence-electron chi connectivity index (χ3n) is 5.09. The molecule has 3 nitrogen and oxygen atoms in total. The fourth-order valence-corrected chi connectivity index (χ4v) is 3.50. The molecule has 0 aromatic heterocycles. The van der Waals surface area contributed by atoms with Crippen molar-refractivity contribution >= 4 is 5.78 Å². The summed E-state index contributed by atoms with van der Waals surface area (Å²) >= 11 is 0. The van der Waals surface area contributed by atoms with Gasteiger partial charge in [-0.25, -0.2) is 0 Å². The lowest BCUT2D eigenvalue weighted by molar-refractivity contribution is -0.122. The van der Waals surface area contributed by atoms with E-state index in [9.17, 15) is 4.79 Å². The van der Waals surface area contributed by atoms with Crippen molar-refractivity contribution in [2.45, 2.75) is 57.4 Å². The van der Waals surface area contributed by atoms with E-state index in [2.05, 4.69) is 4.90 Å². The van der Waals surface area contributed by atoms with Crippen molar-refractivity contribution in [1.82, 2.24) is 4.90 Å². The van der Waals surface area contributed by atoms with Crippen molar-refractivity contribution in [2.24, 2.45) is 11.8 Å². The van der Waals surface area contributed by atoms with Gasteiger partial charge in [0.1, 0.15) is 5.78 Å². The summed E-state index contributed by atoms with van der Waals surface area (Å²) in [5, 5.41) is 0. The van der Waals surface area contributed by atoms with Gasteiger partial charge >= 0.3 is 0 Å². The number of ether oxygens (including phenoxy) is 1. The van der Waals surface area contributed by atoms with E-state index >= 15 is 0 Å². The van der Waals surface area contributed by atoms with Gasteiger partial charge in [0.15, 0.2) is 0 Å². The van der Waals surface area contributed by atoms with E-state index in [4.69, 9.17) is 4.74 Å². The van der Waals surface area contributed by atoms with Crippen molar-refractivity contribution in [3.63, 3.8) is 0 Å². The molecule has 3 fully saturated rings. The Bertz CT molecular complexity index is 296. The minimum atomic E-state index is 0.457. The Hall–Kier alpha value is -0.410. The maximum Gasteiger partial charge on any atom is 0.135 e. The van der Waals surface area contributed by atoms with Crippen LogP contribution in [0.25, 0.3) is 0 Å². The molecule has 2 saturated carbocycles. The fraction of sp³-hybridized carbons (Fsp3) is 0.938. The summed E-state index contributed by atoms with van der Waals surface area (Å²) in [5.41, 5.74) is 0. The minimum absolute atomic E-state index is 0.457. The first-order valence-corrected chi connectivity index (χ1v) is 8.15. The zero-order chi connectivity index (χ0) is 13.1. The molecule has 0 radical (unpaired) electrons. The van der Waals surface area contributed by atoms with E-state index < -0.39 is 0 Å². The normalized spacial score (nSPS) is 33.6. The first-order valence-electron chi connectivity index (χ1n) is 8.15. The number of rotatable bonds is 5. The average Bonchev–Trinajstić information content (AvgIpc) is 3.25. The molecule has 0 spiro atoms. The average molecular weight is 265 g/mol. The van der Waals surface area contributed by atoms with Gasteiger partial charge in [-0.1, -0.05) is 0 Å². The number of hydrogen-bond acceptors (Lipinski definition) is 3. The molecule has 1 saturated heterocycles. The molecule has 0 aromatic rings. The lowest BCUT2D eigenvalue weighted by Gasteiger charge is -2.38. The van der Waals surface area contributed by atoms with E-state index in [1.807, 2.05) is 0 Å².